The number of anilines is 1. The first-order valence-electron chi connectivity index (χ1n) is 3.84. The lowest BCUT2D eigenvalue weighted by Crippen LogP contribution is -2.09. The molecule has 1 rings (SSSR count). The standard InChI is InChI=1S/C8H10N2O3S/c1-6-5-7(10-14(2,12)13)3-4-8(6)9-11/h3-5,10H,1-2H3. The van der Waals surface area contributed by atoms with Crippen LogP contribution in [0.5, 0.6) is 0 Å². The minimum absolute atomic E-state index is 0.309. The third kappa shape index (κ3) is 2.81. The maximum atomic E-state index is 10.9. The van der Waals surface area contributed by atoms with Gasteiger partial charge in [0.1, 0.15) is 5.69 Å². The second-order valence-corrected chi connectivity index (χ2v) is 4.72. The highest BCUT2D eigenvalue weighted by atomic mass is 32.2. The number of hydrogen-bond acceptors (Lipinski definition) is 4. The molecule has 0 radical (unpaired) electrons. The van der Waals surface area contributed by atoms with Gasteiger partial charge in [-0.3, -0.25) is 4.72 Å². The molecule has 14 heavy (non-hydrogen) atoms. The first-order chi connectivity index (χ1) is 6.42. The summed E-state index contributed by atoms with van der Waals surface area (Å²) in [6.45, 7) is 1.68. The lowest BCUT2D eigenvalue weighted by Gasteiger charge is -2.04. The number of nitrogens with zero attached hydrogens (tertiary/aromatic N) is 1. The van der Waals surface area contributed by atoms with Crippen molar-refractivity contribution in [3.63, 3.8) is 0 Å². The highest BCUT2D eigenvalue weighted by Crippen LogP contribution is 2.22. The maximum Gasteiger partial charge on any atom is 0.229 e. The Morgan fingerprint density at radius 3 is 2.43 bits per heavy atom. The number of nitrogens with one attached hydrogen (secondary N) is 1. The van der Waals surface area contributed by atoms with Gasteiger partial charge in [0.15, 0.2) is 0 Å². The van der Waals surface area contributed by atoms with Crippen molar-refractivity contribution in [1.82, 2.24) is 0 Å². The smallest absolute Gasteiger partial charge is 0.229 e. The molecule has 0 saturated heterocycles. The summed E-state index contributed by atoms with van der Waals surface area (Å²) >= 11 is 0. The molecule has 0 aliphatic rings. The molecule has 0 heterocycles. The topological polar surface area (TPSA) is 75.6 Å². The van der Waals surface area contributed by atoms with E-state index < -0.39 is 10.0 Å². The van der Waals surface area contributed by atoms with E-state index in [0.717, 1.165) is 6.26 Å². The molecule has 0 unspecified atom stereocenters. The molecule has 0 aliphatic heterocycles. The van der Waals surface area contributed by atoms with Crippen LogP contribution in [0.1, 0.15) is 5.56 Å². The van der Waals surface area contributed by atoms with E-state index in [9.17, 15) is 13.3 Å². The normalized spacial score (nSPS) is 11.0. The maximum absolute atomic E-state index is 10.9. The minimum Gasteiger partial charge on any atom is -0.284 e. The number of hydrogen-bond donors (Lipinski definition) is 1. The highest BCUT2D eigenvalue weighted by molar-refractivity contribution is 7.92. The molecule has 0 spiro atoms. The second kappa shape index (κ2) is 3.75. The van der Waals surface area contributed by atoms with Gasteiger partial charge in [-0.2, -0.15) is 0 Å². The Balaban J connectivity index is 3.04. The Morgan fingerprint density at radius 1 is 1.36 bits per heavy atom. The van der Waals surface area contributed by atoms with E-state index in [1.54, 1.807) is 13.0 Å². The van der Waals surface area contributed by atoms with E-state index >= 15 is 0 Å². The highest BCUT2D eigenvalue weighted by Gasteiger charge is 2.04. The van der Waals surface area contributed by atoms with Crippen LogP contribution in [0, 0.1) is 11.8 Å². The van der Waals surface area contributed by atoms with Gasteiger partial charge in [-0.05, 0) is 35.9 Å². The van der Waals surface area contributed by atoms with Gasteiger partial charge < -0.3 is 0 Å². The van der Waals surface area contributed by atoms with Crippen molar-refractivity contribution in [3.05, 3.63) is 28.7 Å². The number of rotatable bonds is 3. The van der Waals surface area contributed by atoms with E-state index in [1.165, 1.54) is 12.1 Å². The molecule has 5 nitrogen and oxygen atoms in total. The zero-order chi connectivity index (χ0) is 10.8. The van der Waals surface area contributed by atoms with Crippen LogP contribution in [-0.2, 0) is 10.0 Å². The van der Waals surface area contributed by atoms with Crippen LogP contribution in [0.4, 0.5) is 11.4 Å². The van der Waals surface area contributed by atoms with Crippen LogP contribution in [0.2, 0.25) is 0 Å². The SMILES string of the molecule is Cc1cc(NS(C)(=O)=O)ccc1N=O. The third-order valence-corrected chi connectivity index (χ3v) is 2.20. The zero-order valence-electron chi connectivity index (χ0n) is 7.81. The van der Waals surface area contributed by atoms with Crippen LogP contribution in [0.3, 0.4) is 0 Å². The van der Waals surface area contributed by atoms with Crippen molar-refractivity contribution in [2.45, 2.75) is 6.92 Å². The molecule has 0 bridgehead atoms. The van der Waals surface area contributed by atoms with Crippen LogP contribution in [0.25, 0.3) is 0 Å². The number of benzene rings is 1. The van der Waals surface area contributed by atoms with Crippen molar-refractivity contribution in [2.75, 3.05) is 11.0 Å². The molecular weight excluding hydrogens is 204 g/mol. The lowest BCUT2D eigenvalue weighted by atomic mass is 10.2. The summed E-state index contributed by atoms with van der Waals surface area (Å²) in [6.07, 6.45) is 1.06. The molecule has 0 saturated carbocycles. The predicted molar refractivity (Wildman–Crippen MR) is 55.1 cm³/mol. The molecule has 0 fully saturated rings. The number of nitroso groups, excluding NO2 is 1. The van der Waals surface area contributed by atoms with Gasteiger partial charge >= 0.3 is 0 Å². The van der Waals surface area contributed by atoms with E-state index in [-0.39, 0.29) is 0 Å². The van der Waals surface area contributed by atoms with Crippen LogP contribution < -0.4 is 4.72 Å². The summed E-state index contributed by atoms with van der Waals surface area (Å²) in [5.41, 5.74) is 1.37. The minimum atomic E-state index is -3.27. The molecule has 6 heteroatoms. The van der Waals surface area contributed by atoms with Gasteiger partial charge in [0.2, 0.25) is 10.0 Å². The molecule has 76 valence electrons. The van der Waals surface area contributed by atoms with Gasteiger partial charge in [0, 0.05) is 5.69 Å². The Labute approximate surface area is 82.2 Å². The fourth-order valence-corrected chi connectivity index (χ4v) is 1.59. The van der Waals surface area contributed by atoms with Crippen molar-refractivity contribution in [1.29, 1.82) is 0 Å². The van der Waals surface area contributed by atoms with E-state index in [0.29, 0.717) is 16.9 Å². The fourth-order valence-electron chi connectivity index (χ4n) is 1.04. The average Bonchev–Trinajstić information content (AvgIpc) is 2.01. The zero-order valence-corrected chi connectivity index (χ0v) is 8.63. The van der Waals surface area contributed by atoms with E-state index in [1.807, 2.05) is 0 Å². The lowest BCUT2D eigenvalue weighted by molar-refractivity contribution is 0.607. The van der Waals surface area contributed by atoms with Crippen LogP contribution in [0.15, 0.2) is 23.4 Å². The summed E-state index contributed by atoms with van der Waals surface area (Å²) < 4.78 is 24.0. The summed E-state index contributed by atoms with van der Waals surface area (Å²) in [5.74, 6) is 0. The Kier molecular flexibility index (Phi) is 2.85. The molecule has 1 aromatic rings. The molecule has 0 amide bonds. The molecule has 0 aliphatic carbocycles. The van der Waals surface area contributed by atoms with Crippen molar-refractivity contribution in [2.24, 2.45) is 5.18 Å². The number of sulfonamides is 1. The van der Waals surface area contributed by atoms with Gasteiger partial charge in [-0.1, -0.05) is 0 Å². The summed E-state index contributed by atoms with van der Waals surface area (Å²) in [4.78, 5) is 10.2. The summed E-state index contributed by atoms with van der Waals surface area (Å²) in [7, 11) is -3.27. The summed E-state index contributed by atoms with van der Waals surface area (Å²) in [5, 5.41) is 2.78. The summed E-state index contributed by atoms with van der Waals surface area (Å²) in [6, 6.07) is 4.51. The van der Waals surface area contributed by atoms with Crippen molar-refractivity contribution >= 4 is 21.4 Å². The quantitative estimate of drug-likeness (QED) is 0.779. The third-order valence-electron chi connectivity index (χ3n) is 1.60. The molecule has 0 aromatic heterocycles. The first-order valence-corrected chi connectivity index (χ1v) is 5.73. The van der Waals surface area contributed by atoms with Gasteiger partial charge in [-0.15, -0.1) is 4.91 Å². The van der Waals surface area contributed by atoms with Crippen LogP contribution >= 0.6 is 0 Å². The Hall–Kier alpha value is -1.43. The monoisotopic (exact) mass is 214 g/mol. The largest absolute Gasteiger partial charge is 0.284 e. The fraction of sp³-hybridized carbons (Fsp3) is 0.250. The van der Waals surface area contributed by atoms with Crippen molar-refractivity contribution in [3.8, 4) is 0 Å². The number of aryl methyl sites for hydroxylation is 1. The first kappa shape index (κ1) is 10.6. The van der Waals surface area contributed by atoms with Gasteiger partial charge in [-0.25, -0.2) is 8.42 Å². The molecule has 1 N–H and O–H groups in total. The second-order valence-electron chi connectivity index (χ2n) is 2.97. The van der Waals surface area contributed by atoms with Gasteiger partial charge in [0.25, 0.3) is 0 Å². The molecule has 0 atom stereocenters. The van der Waals surface area contributed by atoms with Crippen LogP contribution in [-0.4, -0.2) is 14.7 Å². The van der Waals surface area contributed by atoms with Crippen molar-refractivity contribution < 1.29 is 8.42 Å². The average molecular weight is 214 g/mol. The van der Waals surface area contributed by atoms with E-state index in [4.69, 9.17) is 0 Å². The molecule has 1 aromatic carbocycles. The predicted octanol–water partition coefficient (Wildman–Crippen LogP) is 1.76. The molecular formula is C8H10N2O3S. The Bertz CT molecular complexity index is 454. The van der Waals surface area contributed by atoms with E-state index in [2.05, 4.69) is 9.90 Å². The Morgan fingerprint density at radius 2 is 2.00 bits per heavy atom. The van der Waals surface area contributed by atoms with Gasteiger partial charge in [0.05, 0.1) is 6.26 Å².